The second kappa shape index (κ2) is 5.63. The molecular formula is C12H19BrN2S. The minimum absolute atomic E-state index is 0.441. The van der Waals surface area contributed by atoms with Crippen molar-refractivity contribution in [3.63, 3.8) is 0 Å². The Kier molecular flexibility index (Phi) is 4.41. The molecule has 0 aromatic carbocycles. The zero-order valence-corrected chi connectivity index (χ0v) is 12.0. The summed E-state index contributed by atoms with van der Waals surface area (Å²) < 4.78 is 1.24. The molecule has 0 aliphatic heterocycles. The Morgan fingerprint density at radius 1 is 1.44 bits per heavy atom. The lowest BCUT2D eigenvalue weighted by atomic mass is 9.92. The molecule has 2 nitrogen and oxygen atoms in total. The highest BCUT2D eigenvalue weighted by molar-refractivity contribution is 9.10. The molecule has 0 bridgehead atoms. The van der Waals surface area contributed by atoms with Gasteiger partial charge in [-0.2, -0.15) is 0 Å². The van der Waals surface area contributed by atoms with Crippen LogP contribution in [0, 0.1) is 6.92 Å². The maximum atomic E-state index is 5.90. The van der Waals surface area contributed by atoms with Gasteiger partial charge < -0.3 is 11.1 Å². The van der Waals surface area contributed by atoms with Gasteiger partial charge in [0.15, 0.2) is 0 Å². The van der Waals surface area contributed by atoms with Gasteiger partial charge in [0.1, 0.15) is 0 Å². The van der Waals surface area contributed by atoms with Crippen LogP contribution in [0.25, 0.3) is 0 Å². The van der Waals surface area contributed by atoms with Crippen LogP contribution >= 0.6 is 27.3 Å². The van der Waals surface area contributed by atoms with Gasteiger partial charge in [-0.25, -0.2) is 0 Å². The van der Waals surface area contributed by atoms with Crippen LogP contribution in [0.15, 0.2) is 10.5 Å². The number of thiophene rings is 1. The second-order valence-corrected chi connectivity index (χ2v) is 6.80. The normalized spacial score (nSPS) is 25.9. The average Bonchev–Trinajstić information content (AvgIpc) is 2.58. The van der Waals surface area contributed by atoms with E-state index in [0.717, 1.165) is 6.54 Å². The topological polar surface area (TPSA) is 38.0 Å². The predicted molar refractivity (Wildman–Crippen MR) is 73.8 cm³/mol. The minimum Gasteiger partial charge on any atom is -0.328 e. The first-order valence-electron chi connectivity index (χ1n) is 5.89. The van der Waals surface area contributed by atoms with Gasteiger partial charge in [-0.05, 0) is 54.6 Å². The fourth-order valence-corrected chi connectivity index (χ4v) is 3.73. The van der Waals surface area contributed by atoms with Gasteiger partial charge in [0.05, 0.1) is 0 Å². The Morgan fingerprint density at radius 3 is 2.69 bits per heavy atom. The van der Waals surface area contributed by atoms with E-state index in [1.54, 1.807) is 0 Å². The summed E-state index contributed by atoms with van der Waals surface area (Å²) in [4.78, 5) is 2.78. The Morgan fingerprint density at radius 2 is 2.12 bits per heavy atom. The van der Waals surface area contributed by atoms with Crippen molar-refractivity contribution in [1.29, 1.82) is 0 Å². The summed E-state index contributed by atoms with van der Waals surface area (Å²) in [7, 11) is 0. The molecule has 0 atom stereocenters. The highest BCUT2D eigenvalue weighted by Gasteiger charge is 2.17. The second-order valence-electron chi connectivity index (χ2n) is 4.61. The molecule has 0 amide bonds. The molecule has 0 unspecified atom stereocenters. The number of halogens is 1. The van der Waals surface area contributed by atoms with Crippen LogP contribution in [0.4, 0.5) is 0 Å². The summed E-state index contributed by atoms with van der Waals surface area (Å²) in [5.41, 5.74) is 5.90. The van der Waals surface area contributed by atoms with Gasteiger partial charge in [-0.15, -0.1) is 11.3 Å². The van der Waals surface area contributed by atoms with E-state index in [1.165, 1.54) is 39.9 Å². The first-order valence-corrected chi connectivity index (χ1v) is 7.50. The lowest BCUT2D eigenvalue weighted by molar-refractivity contribution is 0.342. The molecule has 1 aliphatic carbocycles. The first kappa shape index (κ1) is 12.6. The fraction of sp³-hybridized carbons (Fsp3) is 0.667. The van der Waals surface area contributed by atoms with Crippen molar-refractivity contribution in [3.05, 3.63) is 20.3 Å². The molecule has 1 aromatic heterocycles. The van der Waals surface area contributed by atoms with Crippen molar-refractivity contribution < 1.29 is 0 Å². The monoisotopic (exact) mass is 302 g/mol. The molecule has 3 N–H and O–H groups in total. The van der Waals surface area contributed by atoms with Gasteiger partial charge in [0.2, 0.25) is 0 Å². The van der Waals surface area contributed by atoms with Crippen molar-refractivity contribution in [2.75, 3.05) is 0 Å². The highest BCUT2D eigenvalue weighted by atomic mass is 79.9. The van der Waals surface area contributed by atoms with Crippen molar-refractivity contribution in [2.45, 2.75) is 51.2 Å². The number of aryl methyl sites for hydroxylation is 1. The molecule has 4 heteroatoms. The average molecular weight is 303 g/mol. The van der Waals surface area contributed by atoms with E-state index < -0.39 is 0 Å². The minimum atomic E-state index is 0.441. The van der Waals surface area contributed by atoms with Gasteiger partial charge >= 0.3 is 0 Å². The first-order chi connectivity index (χ1) is 7.65. The summed E-state index contributed by atoms with van der Waals surface area (Å²) in [6.07, 6.45) is 4.80. The van der Waals surface area contributed by atoms with E-state index in [1.807, 2.05) is 11.3 Å². The maximum absolute atomic E-state index is 5.90. The van der Waals surface area contributed by atoms with E-state index in [4.69, 9.17) is 5.73 Å². The lowest BCUT2D eigenvalue weighted by Crippen LogP contribution is -2.36. The van der Waals surface area contributed by atoms with Crippen molar-refractivity contribution in [1.82, 2.24) is 5.32 Å². The van der Waals surface area contributed by atoms with Crippen LogP contribution in [0.1, 0.15) is 35.4 Å². The molecule has 0 spiro atoms. The SMILES string of the molecule is Cc1sc(CNC2CCC(N)CC2)cc1Br. The quantitative estimate of drug-likeness (QED) is 0.900. The van der Waals surface area contributed by atoms with Gasteiger partial charge in [0.25, 0.3) is 0 Å². The Labute approximate surface area is 110 Å². The van der Waals surface area contributed by atoms with E-state index in [0.29, 0.717) is 12.1 Å². The summed E-state index contributed by atoms with van der Waals surface area (Å²) in [5.74, 6) is 0. The highest BCUT2D eigenvalue weighted by Crippen LogP contribution is 2.26. The fourth-order valence-electron chi connectivity index (χ4n) is 2.17. The molecule has 1 aromatic rings. The molecule has 1 aliphatic rings. The molecule has 1 fully saturated rings. The van der Waals surface area contributed by atoms with E-state index in [9.17, 15) is 0 Å². The Balaban J connectivity index is 1.79. The van der Waals surface area contributed by atoms with E-state index in [2.05, 4.69) is 34.2 Å². The van der Waals surface area contributed by atoms with Crippen LogP contribution < -0.4 is 11.1 Å². The molecular weight excluding hydrogens is 284 g/mol. The van der Waals surface area contributed by atoms with Crippen LogP contribution in [0.2, 0.25) is 0 Å². The Hall–Kier alpha value is 0.100. The molecule has 16 heavy (non-hydrogen) atoms. The van der Waals surface area contributed by atoms with Crippen LogP contribution in [0.5, 0.6) is 0 Å². The van der Waals surface area contributed by atoms with Crippen molar-refractivity contribution in [3.8, 4) is 0 Å². The summed E-state index contributed by atoms with van der Waals surface area (Å²) in [6, 6.07) is 3.33. The van der Waals surface area contributed by atoms with Crippen LogP contribution in [0.3, 0.4) is 0 Å². The van der Waals surface area contributed by atoms with Gasteiger partial charge in [-0.3, -0.25) is 0 Å². The van der Waals surface area contributed by atoms with Crippen molar-refractivity contribution in [2.24, 2.45) is 5.73 Å². The van der Waals surface area contributed by atoms with Crippen molar-refractivity contribution >= 4 is 27.3 Å². The third-order valence-corrected chi connectivity index (χ3v) is 5.38. The standard InChI is InChI=1S/C12H19BrN2S/c1-8-12(13)6-11(16-8)7-15-10-4-2-9(14)3-5-10/h6,9-10,15H,2-5,7,14H2,1H3. The lowest BCUT2D eigenvalue weighted by Gasteiger charge is -2.26. The van der Waals surface area contributed by atoms with Gasteiger partial charge in [0, 0.05) is 32.9 Å². The third-order valence-electron chi connectivity index (χ3n) is 3.25. The molecule has 1 saturated carbocycles. The number of hydrogen-bond acceptors (Lipinski definition) is 3. The zero-order valence-electron chi connectivity index (χ0n) is 9.63. The maximum Gasteiger partial charge on any atom is 0.0314 e. The van der Waals surface area contributed by atoms with E-state index in [-0.39, 0.29) is 0 Å². The number of rotatable bonds is 3. The summed E-state index contributed by atoms with van der Waals surface area (Å²) in [5, 5.41) is 3.63. The molecule has 90 valence electrons. The van der Waals surface area contributed by atoms with E-state index >= 15 is 0 Å². The van der Waals surface area contributed by atoms with Gasteiger partial charge in [-0.1, -0.05) is 0 Å². The molecule has 2 rings (SSSR count). The number of hydrogen-bond donors (Lipinski definition) is 2. The molecule has 0 radical (unpaired) electrons. The summed E-state index contributed by atoms with van der Waals surface area (Å²) in [6.45, 7) is 3.15. The largest absolute Gasteiger partial charge is 0.328 e. The molecule has 0 saturated heterocycles. The number of nitrogens with two attached hydrogens (primary N) is 1. The number of nitrogens with one attached hydrogen (secondary N) is 1. The zero-order chi connectivity index (χ0) is 11.5. The smallest absolute Gasteiger partial charge is 0.0314 e. The molecule has 1 heterocycles. The third kappa shape index (κ3) is 3.29. The van der Waals surface area contributed by atoms with Crippen LogP contribution in [-0.2, 0) is 6.54 Å². The summed E-state index contributed by atoms with van der Waals surface area (Å²) >= 11 is 5.43. The predicted octanol–water partition coefficient (Wildman–Crippen LogP) is 3.18. The van der Waals surface area contributed by atoms with Crippen LogP contribution in [-0.4, -0.2) is 12.1 Å². The Bertz CT molecular complexity index is 323.